The number of ether oxygens (including phenoxy) is 1. The Hall–Kier alpha value is -2.60. The molecule has 0 aliphatic rings. The fourth-order valence-electron chi connectivity index (χ4n) is 2.27. The Balaban J connectivity index is 2.17. The summed E-state index contributed by atoms with van der Waals surface area (Å²) in [7, 11) is 1.50. The smallest absolute Gasteiger partial charge is 0.274 e. The number of unbranched alkanes of at least 4 members (excludes halogenated alkanes) is 1. The molecule has 1 aromatic heterocycles. The molecular weight excluding hydrogens is 354 g/mol. The third-order valence-corrected chi connectivity index (χ3v) is 4.17. The molecule has 6 nitrogen and oxygen atoms in total. The quantitative estimate of drug-likeness (QED) is 0.720. The predicted octanol–water partition coefficient (Wildman–Crippen LogP) is 3.83. The van der Waals surface area contributed by atoms with E-state index >= 15 is 0 Å². The molecule has 0 saturated carbocycles. The van der Waals surface area contributed by atoms with E-state index in [4.69, 9.17) is 16.3 Å². The number of halogens is 1. The molecule has 0 radical (unpaired) electrons. The van der Waals surface area contributed by atoms with Gasteiger partial charge in [-0.25, -0.2) is 4.98 Å². The lowest BCUT2D eigenvalue weighted by Crippen LogP contribution is -2.26. The van der Waals surface area contributed by atoms with E-state index in [9.17, 15) is 9.59 Å². The van der Waals surface area contributed by atoms with Crippen LogP contribution in [0.3, 0.4) is 0 Å². The molecule has 0 unspecified atom stereocenters. The Labute approximate surface area is 157 Å². The molecule has 2 aromatic rings. The summed E-state index contributed by atoms with van der Waals surface area (Å²) in [6, 6.07) is 8.11. The van der Waals surface area contributed by atoms with Crippen LogP contribution >= 0.6 is 11.6 Å². The van der Waals surface area contributed by atoms with E-state index in [0.29, 0.717) is 23.0 Å². The van der Waals surface area contributed by atoms with E-state index in [1.54, 1.807) is 30.3 Å². The van der Waals surface area contributed by atoms with E-state index in [-0.39, 0.29) is 17.3 Å². The van der Waals surface area contributed by atoms with Crippen molar-refractivity contribution >= 4 is 29.1 Å². The van der Waals surface area contributed by atoms with Crippen LogP contribution in [0.4, 0.5) is 5.69 Å². The van der Waals surface area contributed by atoms with Crippen LogP contribution in [0.25, 0.3) is 0 Å². The molecule has 1 aromatic carbocycles. The number of aryl methyl sites for hydroxylation is 1. The van der Waals surface area contributed by atoms with Crippen molar-refractivity contribution in [1.82, 2.24) is 10.3 Å². The van der Waals surface area contributed by atoms with E-state index < -0.39 is 5.91 Å². The second-order valence-electron chi connectivity index (χ2n) is 5.77. The molecular formula is C19H22ClN3O3. The van der Waals surface area contributed by atoms with Crippen molar-refractivity contribution in [3.8, 4) is 5.75 Å². The molecule has 0 bridgehead atoms. The zero-order valence-electron chi connectivity index (χ0n) is 15.1. The van der Waals surface area contributed by atoms with Crippen molar-refractivity contribution in [3.63, 3.8) is 0 Å². The molecule has 0 saturated heterocycles. The van der Waals surface area contributed by atoms with Crippen molar-refractivity contribution in [1.29, 1.82) is 0 Å². The monoisotopic (exact) mass is 375 g/mol. The van der Waals surface area contributed by atoms with Crippen LogP contribution in [-0.4, -0.2) is 30.5 Å². The van der Waals surface area contributed by atoms with Crippen LogP contribution in [0.2, 0.25) is 5.02 Å². The first-order chi connectivity index (χ1) is 12.5. The van der Waals surface area contributed by atoms with Gasteiger partial charge in [0.1, 0.15) is 17.1 Å². The predicted molar refractivity (Wildman–Crippen MR) is 102 cm³/mol. The van der Waals surface area contributed by atoms with E-state index in [2.05, 4.69) is 15.6 Å². The van der Waals surface area contributed by atoms with E-state index in [1.165, 1.54) is 7.11 Å². The van der Waals surface area contributed by atoms with Gasteiger partial charge in [-0.3, -0.25) is 9.59 Å². The highest BCUT2D eigenvalue weighted by Crippen LogP contribution is 2.31. The normalized spacial score (nSPS) is 10.3. The van der Waals surface area contributed by atoms with Crippen molar-refractivity contribution in [2.75, 3.05) is 19.0 Å². The van der Waals surface area contributed by atoms with Crippen LogP contribution in [0.1, 0.15) is 46.3 Å². The second kappa shape index (κ2) is 9.20. The molecule has 0 fully saturated rings. The summed E-state index contributed by atoms with van der Waals surface area (Å²) in [5, 5.41) is 6.07. The number of hydrogen-bond donors (Lipinski definition) is 2. The summed E-state index contributed by atoms with van der Waals surface area (Å²) in [4.78, 5) is 28.8. The van der Waals surface area contributed by atoms with E-state index in [1.807, 2.05) is 13.8 Å². The molecule has 1 heterocycles. The average molecular weight is 376 g/mol. The number of nitrogens with one attached hydrogen (secondary N) is 2. The number of carbonyl (C=O) groups is 2. The maximum Gasteiger partial charge on any atom is 0.274 e. The zero-order valence-corrected chi connectivity index (χ0v) is 15.8. The van der Waals surface area contributed by atoms with Gasteiger partial charge in [-0.1, -0.05) is 31.0 Å². The minimum absolute atomic E-state index is 0.141. The standard InChI is InChI=1S/C19H22ClN3O3/c1-4-5-9-21-18(24)14-7-6-8-15(22-14)19(25)23-16-10-12(2)13(20)11-17(16)26-3/h6-8,10-11H,4-5,9H2,1-3H3,(H,21,24)(H,23,25). The van der Waals surface area contributed by atoms with Crippen LogP contribution < -0.4 is 15.4 Å². The Bertz CT molecular complexity index is 809. The van der Waals surface area contributed by atoms with Crippen LogP contribution in [0.5, 0.6) is 5.75 Å². The number of aromatic nitrogens is 1. The molecule has 138 valence electrons. The number of carbonyl (C=O) groups excluding carboxylic acids is 2. The zero-order chi connectivity index (χ0) is 19.1. The van der Waals surface area contributed by atoms with Crippen LogP contribution in [0.15, 0.2) is 30.3 Å². The van der Waals surface area contributed by atoms with Gasteiger partial charge in [0.05, 0.1) is 12.8 Å². The van der Waals surface area contributed by atoms with Gasteiger partial charge in [-0.05, 0) is 37.1 Å². The number of pyridine rings is 1. The lowest BCUT2D eigenvalue weighted by molar-refractivity contribution is 0.0948. The Morgan fingerprint density at radius 2 is 1.88 bits per heavy atom. The third-order valence-electron chi connectivity index (χ3n) is 3.76. The second-order valence-corrected chi connectivity index (χ2v) is 6.18. The summed E-state index contributed by atoms with van der Waals surface area (Å²) in [5.41, 5.74) is 1.63. The molecule has 0 spiro atoms. The van der Waals surface area contributed by atoms with Gasteiger partial charge in [0.15, 0.2) is 0 Å². The van der Waals surface area contributed by atoms with Gasteiger partial charge in [-0.15, -0.1) is 0 Å². The third kappa shape index (κ3) is 4.95. The molecule has 2 amide bonds. The Morgan fingerprint density at radius 1 is 1.19 bits per heavy atom. The van der Waals surface area contributed by atoms with Gasteiger partial charge in [-0.2, -0.15) is 0 Å². The highest BCUT2D eigenvalue weighted by atomic mass is 35.5. The Kier molecular flexibility index (Phi) is 6.97. The first-order valence-corrected chi connectivity index (χ1v) is 8.74. The number of nitrogens with zero attached hydrogens (tertiary/aromatic N) is 1. The number of methoxy groups -OCH3 is 1. The number of benzene rings is 1. The maximum absolute atomic E-state index is 12.5. The molecule has 0 atom stereocenters. The van der Waals surface area contributed by atoms with Gasteiger partial charge in [0.25, 0.3) is 11.8 Å². The van der Waals surface area contributed by atoms with Gasteiger partial charge in [0.2, 0.25) is 0 Å². The first-order valence-electron chi connectivity index (χ1n) is 8.37. The summed E-state index contributed by atoms with van der Waals surface area (Å²) < 4.78 is 5.25. The summed E-state index contributed by atoms with van der Waals surface area (Å²) in [5.74, 6) is -0.288. The van der Waals surface area contributed by atoms with Crippen molar-refractivity contribution in [3.05, 3.63) is 52.3 Å². The SMILES string of the molecule is CCCCNC(=O)c1cccc(C(=O)Nc2cc(C)c(Cl)cc2OC)n1. The van der Waals surface area contributed by atoms with E-state index in [0.717, 1.165) is 18.4 Å². The number of anilines is 1. The van der Waals surface area contributed by atoms with Crippen molar-refractivity contribution in [2.24, 2.45) is 0 Å². The fraction of sp³-hybridized carbons (Fsp3) is 0.316. The van der Waals surface area contributed by atoms with Gasteiger partial charge < -0.3 is 15.4 Å². The maximum atomic E-state index is 12.5. The molecule has 2 rings (SSSR count). The molecule has 26 heavy (non-hydrogen) atoms. The summed E-state index contributed by atoms with van der Waals surface area (Å²) in [6.45, 7) is 4.45. The van der Waals surface area contributed by atoms with Gasteiger partial charge >= 0.3 is 0 Å². The van der Waals surface area contributed by atoms with Crippen molar-refractivity contribution in [2.45, 2.75) is 26.7 Å². The summed E-state index contributed by atoms with van der Waals surface area (Å²) >= 11 is 6.08. The van der Waals surface area contributed by atoms with Crippen LogP contribution in [0, 0.1) is 6.92 Å². The minimum Gasteiger partial charge on any atom is -0.495 e. The number of rotatable bonds is 7. The molecule has 7 heteroatoms. The topological polar surface area (TPSA) is 80.3 Å². The fourth-order valence-corrected chi connectivity index (χ4v) is 2.43. The average Bonchev–Trinajstić information content (AvgIpc) is 2.64. The lowest BCUT2D eigenvalue weighted by Gasteiger charge is -2.12. The summed E-state index contributed by atoms with van der Waals surface area (Å²) in [6.07, 6.45) is 1.88. The highest BCUT2D eigenvalue weighted by molar-refractivity contribution is 6.31. The number of hydrogen-bond acceptors (Lipinski definition) is 4. The molecule has 2 N–H and O–H groups in total. The molecule has 0 aliphatic carbocycles. The van der Waals surface area contributed by atoms with Crippen LogP contribution in [-0.2, 0) is 0 Å². The largest absolute Gasteiger partial charge is 0.495 e. The number of amides is 2. The van der Waals surface area contributed by atoms with Crippen molar-refractivity contribution < 1.29 is 14.3 Å². The highest BCUT2D eigenvalue weighted by Gasteiger charge is 2.15. The molecule has 0 aliphatic heterocycles. The lowest BCUT2D eigenvalue weighted by atomic mass is 10.2. The Morgan fingerprint density at radius 3 is 2.54 bits per heavy atom. The first kappa shape index (κ1) is 19.7. The minimum atomic E-state index is -0.437. The van der Waals surface area contributed by atoms with Gasteiger partial charge in [0, 0.05) is 17.6 Å².